The van der Waals surface area contributed by atoms with Gasteiger partial charge in [0.05, 0.1) is 0 Å². The van der Waals surface area contributed by atoms with Gasteiger partial charge in [0.2, 0.25) is 0 Å². The maximum Gasteiger partial charge on any atom is 0.323 e. The molecule has 0 bridgehead atoms. The second-order valence-corrected chi connectivity index (χ2v) is 5.91. The third kappa shape index (κ3) is 4.43. The van der Waals surface area contributed by atoms with Crippen molar-refractivity contribution < 1.29 is 9.90 Å². The van der Waals surface area contributed by atoms with E-state index < -0.39 is 5.97 Å². The van der Waals surface area contributed by atoms with E-state index >= 15 is 0 Å². The Hall–Kier alpha value is -1.22. The smallest absolute Gasteiger partial charge is 0.323 e. The highest BCUT2D eigenvalue weighted by Crippen LogP contribution is 2.27. The predicted molar refractivity (Wildman–Crippen MR) is 79.9 cm³/mol. The lowest BCUT2D eigenvalue weighted by Gasteiger charge is -2.38. The van der Waals surface area contributed by atoms with Gasteiger partial charge in [-0.15, -0.1) is 0 Å². The van der Waals surface area contributed by atoms with Crippen molar-refractivity contribution in [3.8, 4) is 0 Å². The molecule has 4 heteroatoms. The van der Waals surface area contributed by atoms with Gasteiger partial charge in [-0.2, -0.15) is 0 Å². The number of hydrogen-bond acceptors (Lipinski definition) is 2. The molecule has 0 saturated heterocycles. The first kappa shape index (κ1) is 15.8. The number of carboxylic acid groups (broad SMARTS) is 1. The summed E-state index contributed by atoms with van der Waals surface area (Å²) in [5.74, 6) is -0.0775. The summed E-state index contributed by atoms with van der Waals surface area (Å²) in [5.41, 5.74) is 0.902. The summed E-state index contributed by atoms with van der Waals surface area (Å²) in [6.07, 6.45) is 0. The first-order chi connectivity index (χ1) is 8.82. The molecule has 0 atom stereocenters. The number of nitrogens with zero attached hydrogens (tertiary/aromatic N) is 1. The molecular weight excluding hydrogens is 262 g/mol. The molecule has 3 nitrogen and oxygen atoms in total. The van der Waals surface area contributed by atoms with E-state index in [9.17, 15) is 4.79 Å². The lowest BCUT2D eigenvalue weighted by molar-refractivity contribution is -0.135. The van der Waals surface area contributed by atoms with Crippen LogP contribution in [0.25, 0.3) is 0 Å². The fraction of sp³-hybridized carbons (Fsp3) is 0.533. The van der Waals surface area contributed by atoms with Crippen LogP contribution in [-0.4, -0.2) is 23.7 Å². The van der Waals surface area contributed by atoms with Crippen LogP contribution in [0.4, 0.5) is 5.69 Å². The van der Waals surface area contributed by atoms with Crippen molar-refractivity contribution in [2.45, 2.75) is 33.7 Å². The summed E-state index contributed by atoms with van der Waals surface area (Å²) in [6.45, 7) is 8.48. The van der Waals surface area contributed by atoms with E-state index in [0.29, 0.717) is 16.9 Å². The fourth-order valence-electron chi connectivity index (χ4n) is 2.64. The van der Waals surface area contributed by atoms with Gasteiger partial charge in [-0.3, -0.25) is 4.79 Å². The number of anilines is 1. The quantitative estimate of drug-likeness (QED) is 0.860. The van der Waals surface area contributed by atoms with E-state index in [1.807, 2.05) is 17.0 Å². The lowest BCUT2D eigenvalue weighted by Crippen LogP contribution is -2.45. The molecule has 1 aromatic carbocycles. The minimum atomic E-state index is -0.818. The highest BCUT2D eigenvalue weighted by Gasteiger charge is 2.26. The minimum absolute atomic E-state index is 0.00264. The van der Waals surface area contributed by atoms with Gasteiger partial charge in [0.25, 0.3) is 0 Å². The Balaban J connectivity index is 3.12. The highest BCUT2D eigenvalue weighted by atomic mass is 35.5. The van der Waals surface area contributed by atoms with Gasteiger partial charge in [0, 0.05) is 16.8 Å². The Kier molecular flexibility index (Phi) is 5.67. The maximum atomic E-state index is 11.1. The molecule has 106 valence electrons. The normalized spacial score (nSPS) is 11.4. The topological polar surface area (TPSA) is 40.5 Å². The van der Waals surface area contributed by atoms with Crippen molar-refractivity contribution in [3.63, 3.8) is 0 Å². The molecule has 0 amide bonds. The first-order valence-electron chi connectivity index (χ1n) is 6.57. The molecule has 0 saturated carbocycles. The molecule has 0 heterocycles. The molecule has 1 N–H and O–H groups in total. The zero-order valence-electron chi connectivity index (χ0n) is 11.9. The van der Waals surface area contributed by atoms with Crippen LogP contribution in [0, 0.1) is 11.8 Å². The van der Waals surface area contributed by atoms with Crippen LogP contribution in [0.3, 0.4) is 0 Å². The average Bonchev–Trinajstić information content (AvgIpc) is 2.27. The average molecular weight is 284 g/mol. The van der Waals surface area contributed by atoms with Crippen LogP contribution in [0.5, 0.6) is 0 Å². The van der Waals surface area contributed by atoms with E-state index in [1.165, 1.54) is 0 Å². The third-order valence-corrected chi connectivity index (χ3v) is 3.44. The Morgan fingerprint density at radius 2 is 1.63 bits per heavy atom. The van der Waals surface area contributed by atoms with Gasteiger partial charge >= 0.3 is 5.97 Å². The maximum absolute atomic E-state index is 11.1. The summed E-state index contributed by atoms with van der Waals surface area (Å²) in [5, 5.41) is 9.80. The Morgan fingerprint density at radius 3 is 2.00 bits per heavy atom. The summed E-state index contributed by atoms with van der Waals surface area (Å²) >= 11 is 5.89. The Bertz CT molecular complexity index is 407. The molecule has 0 aliphatic rings. The van der Waals surface area contributed by atoms with Crippen LogP contribution in [0.1, 0.15) is 27.7 Å². The van der Waals surface area contributed by atoms with Gasteiger partial charge in [-0.25, -0.2) is 0 Å². The van der Waals surface area contributed by atoms with Gasteiger partial charge < -0.3 is 10.0 Å². The zero-order valence-corrected chi connectivity index (χ0v) is 12.7. The van der Waals surface area contributed by atoms with E-state index in [2.05, 4.69) is 27.7 Å². The second-order valence-electron chi connectivity index (χ2n) is 5.48. The van der Waals surface area contributed by atoms with Gasteiger partial charge in [-0.1, -0.05) is 39.3 Å². The largest absolute Gasteiger partial charge is 0.480 e. The molecule has 0 unspecified atom stereocenters. The Labute approximate surface area is 120 Å². The number of carboxylic acids is 1. The first-order valence-corrected chi connectivity index (χ1v) is 6.94. The van der Waals surface area contributed by atoms with E-state index in [0.717, 1.165) is 5.69 Å². The van der Waals surface area contributed by atoms with Crippen molar-refractivity contribution in [1.29, 1.82) is 0 Å². The van der Waals surface area contributed by atoms with E-state index in [1.54, 1.807) is 12.1 Å². The minimum Gasteiger partial charge on any atom is -0.480 e. The fourth-order valence-corrected chi connectivity index (χ4v) is 2.76. The molecular formula is C15H22ClNO2. The van der Waals surface area contributed by atoms with E-state index in [-0.39, 0.29) is 12.6 Å². The summed E-state index contributed by atoms with van der Waals surface area (Å²) < 4.78 is 0. The van der Waals surface area contributed by atoms with Crippen LogP contribution in [0.2, 0.25) is 5.02 Å². The molecule has 0 aromatic heterocycles. The van der Waals surface area contributed by atoms with Crippen molar-refractivity contribution in [1.82, 2.24) is 0 Å². The van der Waals surface area contributed by atoms with Gasteiger partial charge in [-0.05, 0) is 36.1 Å². The number of halogens is 1. The molecule has 1 aromatic rings. The predicted octanol–water partition coefficient (Wildman–Crippen LogP) is 3.91. The third-order valence-electron chi connectivity index (χ3n) is 3.19. The number of hydrogen-bond donors (Lipinski definition) is 1. The monoisotopic (exact) mass is 283 g/mol. The molecule has 0 aliphatic carbocycles. The number of rotatable bonds is 6. The van der Waals surface area contributed by atoms with Crippen LogP contribution >= 0.6 is 11.6 Å². The van der Waals surface area contributed by atoms with Crippen LogP contribution < -0.4 is 4.90 Å². The second kappa shape index (κ2) is 6.80. The van der Waals surface area contributed by atoms with Gasteiger partial charge in [0.1, 0.15) is 6.54 Å². The molecule has 0 spiro atoms. The Morgan fingerprint density at radius 1 is 1.16 bits per heavy atom. The van der Waals surface area contributed by atoms with Gasteiger partial charge in [0.15, 0.2) is 0 Å². The van der Waals surface area contributed by atoms with Crippen LogP contribution in [0.15, 0.2) is 24.3 Å². The number of benzene rings is 1. The van der Waals surface area contributed by atoms with Crippen LogP contribution in [-0.2, 0) is 4.79 Å². The summed E-state index contributed by atoms with van der Waals surface area (Å²) in [4.78, 5) is 13.1. The lowest BCUT2D eigenvalue weighted by atomic mass is 9.91. The molecule has 19 heavy (non-hydrogen) atoms. The number of carbonyl (C=O) groups is 1. The highest BCUT2D eigenvalue weighted by molar-refractivity contribution is 6.30. The standard InChI is InChI=1S/C15H22ClNO2/c1-10(2)15(11(3)4)17(9-14(18)19)13-7-5-12(16)6-8-13/h5-8,10-11,15H,9H2,1-4H3,(H,18,19). The molecule has 0 radical (unpaired) electrons. The van der Waals surface area contributed by atoms with E-state index in [4.69, 9.17) is 16.7 Å². The summed E-state index contributed by atoms with van der Waals surface area (Å²) in [7, 11) is 0. The molecule has 0 fully saturated rings. The van der Waals surface area contributed by atoms with Crippen molar-refractivity contribution in [2.75, 3.05) is 11.4 Å². The zero-order chi connectivity index (χ0) is 14.6. The molecule has 0 aliphatic heterocycles. The van der Waals surface area contributed by atoms with Crippen molar-refractivity contribution in [3.05, 3.63) is 29.3 Å². The van der Waals surface area contributed by atoms with Crippen molar-refractivity contribution in [2.24, 2.45) is 11.8 Å². The molecule has 1 rings (SSSR count). The van der Waals surface area contributed by atoms with Crippen molar-refractivity contribution >= 4 is 23.3 Å². The number of aliphatic carboxylic acids is 1. The SMILES string of the molecule is CC(C)C(C(C)C)N(CC(=O)O)c1ccc(Cl)cc1. The summed E-state index contributed by atoms with van der Waals surface area (Å²) in [6, 6.07) is 7.52.